The highest BCUT2D eigenvalue weighted by atomic mass is 16.5. The number of aromatic nitrogens is 3. The predicted octanol–water partition coefficient (Wildman–Crippen LogP) is 0.710. The molecule has 0 aromatic carbocycles. The first-order valence-electron chi connectivity index (χ1n) is 6.71. The summed E-state index contributed by atoms with van der Waals surface area (Å²) in [6, 6.07) is 0. The molecule has 19 heavy (non-hydrogen) atoms. The zero-order chi connectivity index (χ0) is 13.8. The molecule has 110 valence electrons. The lowest BCUT2D eigenvalue weighted by molar-refractivity contribution is 0.0123. The van der Waals surface area contributed by atoms with E-state index in [1.165, 1.54) is 0 Å². The van der Waals surface area contributed by atoms with Crippen molar-refractivity contribution < 1.29 is 14.2 Å². The van der Waals surface area contributed by atoms with Gasteiger partial charge in [-0.2, -0.15) is 0 Å². The number of nitrogen functional groups attached to an aromatic ring is 1. The fourth-order valence-corrected chi connectivity index (χ4v) is 1.36. The van der Waals surface area contributed by atoms with Crippen LogP contribution in [0.25, 0.3) is 0 Å². The molecule has 0 saturated heterocycles. The third-order valence-corrected chi connectivity index (χ3v) is 2.41. The van der Waals surface area contributed by atoms with Crippen LogP contribution in [0.1, 0.15) is 19.8 Å². The Morgan fingerprint density at radius 2 is 1.68 bits per heavy atom. The molecule has 7 heteroatoms. The molecule has 1 heterocycles. The molecule has 0 aliphatic rings. The topological polar surface area (TPSA) is 84.4 Å². The smallest absolute Gasteiger partial charge is 0.239 e. The number of nitrogens with zero attached hydrogens (tertiary/aromatic N) is 3. The van der Waals surface area contributed by atoms with Crippen LogP contribution in [0, 0.1) is 0 Å². The molecule has 0 aliphatic carbocycles. The zero-order valence-corrected chi connectivity index (χ0v) is 11.6. The number of anilines is 1. The van der Waals surface area contributed by atoms with E-state index in [9.17, 15) is 0 Å². The Morgan fingerprint density at radius 3 is 2.26 bits per heavy atom. The van der Waals surface area contributed by atoms with Gasteiger partial charge in [0.15, 0.2) is 0 Å². The van der Waals surface area contributed by atoms with E-state index in [1.54, 1.807) is 11.0 Å². The lowest BCUT2D eigenvalue weighted by Gasteiger charge is -2.06. The highest BCUT2D eigenvalue weighted by Gasteiger charge is 1.96. The standard InChI is InChI=1S/C12H24N4O3/c1-2-3-5-17-7-9-19-10-8-18-6-4-16-11-14-12(13)15-16/h11H,2-10H2,1H3,(H2,13,15). The number of ether oxygens (including phenoxy) is 3. The third-order valence-electron chi connectivity index (χ3n) is 2.41. The van der Waals surface area contributed by atoms with Crippen LogP contribution < -0.4 is 5.73 Å². The van der Waals surface area contributed by atoms with Crippen LogP contribution in [0.15, 0.2) is 6.33 Å². The van der Waals surface area contributed by atoms with Crippen LogP contribution in [0.4, 0.5) is 5.95 Å². The van der Waals surface area contributed by atoms with Crippen molar-refractivity contribution in [2.24, 2.45) is 0 Å². The second-order valence-corrected chi connectivity index (χ2v) is 4.06. The van der Waals surface area contributed by atoms with Crippen LogP contribution in [0.3, 0.4) is 0 Å². The molecule has 0 saturated carbocycles. The van der Waals surface area contributed by atoms with Gasteiger partial charge >= 0.3 is 0 Å². The molecule has 0 aliphatic heterocycles. The molecule has 1 rings (SSSR count). The van der Waals surface area contributed by atoms with Gasteiger partial charge in [0, 0.05) is 6.61 Å². The van der Waals surface area contributed by atoms with Crippen molar-refractivity contribution >= 4 is 5.95 Å². The van der Waals surface area contributed by atoms with Gasteiger partial charge in [0.05, 0.1) is 39.6 Å². The minimum Gasteiger partial charge on any atom is -0.379 e. The van der Waals surface area contributed by atoms with Gasteiger partial charge in [0.1, 0.15) is 6.33 Å². The summed E-state index contributed by atoms with van der Waals surface area (Å²) in [5.41, 5.74) is 5.39. The second-order valence-electron chi connectivity index (χ2n) is 4.06. The Hall–Kier alpha value is -1.18. The summed E-state index contributed by atoms with van der Waals surface area (Å²) in [6.45, 7) is 6.59. The Labute approximate surface area is 114 Å². The number of nitrogens with two attached hydrogens (primary N) is 1. The number of hydrogen-bond acceptors (Lipinski definition) is 6. The highest BCUT2D eigenvalue weighted by Crippen LogP contribution is 1.90. The molecule has 0 radical (unpaired) electrons. The molecular formula is C12H24N4O3. The fraction of sp³-hybridized carbons (Fsp3) is 0.833. The zero-order valence-electron chi connectivity index (χ0n) is 11.6. The summed E-state index contributed by atoms with van der Waals surface area (Å²) in [5.74, 6) is 0.284. The first-order valence-corrected chi connectivity index (χ1v) is 6.71. The molecule has 0 fully saturated rings. The fourth-order valence-electron chi connectivity index (χ4n) is 1.36. The van der Waals surface area contributed by atoms with Crippen LogP contribution in [-0.2, 0) is 20.8 Å². The van der Waals surface area contributed by atoms with Gasteiger partial charge in [0.2, 0.25) is 5.95 Å². The largest absolute Gasteiger partial charge is 0.379 e. The molecular weight excluding hydrogens is 248 g/mol. The monoisotopic (exact) mass is 272 g/mol. The second kappa shape index (κ2) is 10.7. The number of hydrogen-bond donors (Lipinski definition) is 1. The summed E-state index contributed by atoms with van der Waals surface area (Å²) in [4.78, 5) is 3.82. The van der Waals surface area contributed by atoms with Gasteiger partial charge in [-0.15, -0.1) is 5.10 Å². The molecule has 7 nitrogen and oxygen atoms in total. The average molecular weight is 272 g/mol. The Balaban J connectivity index is 1.79. The lowest BCUT2D eigenvalue weighted by atomic mass is 10.4. The van der Waals surface area contributed by atoms with Crippen molar-refractivity contribution in [2.75, 3.05) is 45.4 Å². The van der Waals surface area contributed by atoms with E-state index in [1.807, 2.05) is 0 Å². The summed E-state index contributed by atoms with van der Waals surface area (Å²) in [6.07, 6.45) is 3.85. The molecule has 0 bridgehead atoms. The van der Waals surface area contributed by atoms with E-state index in [0.29, 0.717) is 39.6 Å². The molecule has 0 spiro atoms. The van der Waals surface area contributed by atoms with E-state index in [0.717, 1.165) is 19.4 Å². The van der Waals surface area contributed by atoms with Crippen LogP contribution in [0.2, 0.25) is 0 Å². The molecule has 0 atom stereocenters. The van der Waals surface area contributed by atoms with Gasteiger partial charge in [-0.1, -0.05) is 13.3 Å². The van der Waals surface area contributed by atoms with Crippen molar-refractivity contribution in [3.63, 3.8) is 0 Å². The van der Waals surface area contributed by atoms with E-state index in [4.69, 9.17) is 19.9 Å². The van der Waals surface area contributed by atoms with Crippen molar-refractivity contribution in [3.8, 4) is 0 Å². The van der Waals surface area contributed by atoms with Gasteiger partial charge < -0.3 is 19.9 Å². The van der Waals surface area contributed by atoms with E-state index in [-0.39, 0.29) is 5.95 Å². The van der Waals surface area contributed by atoms with Gasteiger partial charge in [-0.05, 0) is 6.42 Å². The lowest BCUT2D eigenvalue weighted by Crippen LogP contribution is -2.12. The molecule has 0 unspecified atom stereocenters. The maximum Gasteiger partial charge on any atom is 0.239 e. The van der Waals surface area contributed by atoms with Crippen molar-refractivity contribution in [2.45, 2.75) is 26.3 Å². The summed E-state index contributed by atoms with van der Waals surface area (Å²) < 4.78 is 17.8. The van der Waals surface area contributed by atoms with Crippen molar-refractivity contribution in [1.82, 2.24) is 14.8 Å². The summed E-state index contributed by atoms with van der Waals surface area (Å²) >= 11 is 0. The Morgan fingerprint density at radius 1 is 1.05 bits per heavy atom. The highest BCUT2D eigenvalue weighted by molar-refractivity contribution is 5.08. The molecule has 1 aromatic heterocycles. The van der Waals surface area contributed by atoms with Crippen molar-refractivity contribution in [1.29, 1.82) is 0 Å². The summed E-state index contributed by atoms with van der Waals surface area (Å²) in [5, 5.41) is 3.95. The van der Waals surface area contributed by atoms with E-state index in [2.05, 4.69) is 17.0 Å². The minimum atomic E-state index is 0.284. The Kier molecular flexibility index (Phi) is 8.95. The van der Waals surface area contributed by atoms with Crippen molar-refractivity contribution in [3.05, 3.63) is 6.33 Å². The normalized spacial score (nSPS) is 11.0. The summed E-state index contributed by atoms with van der Waals surface area (Å²) in [7, 11) is 0. The van der Waals surface area contributed by atoms with Crippen LogP contribution >= 0.6 is 0 Å². The number of rotatable bonds is 12. The minimum absolute atomic E-state index is 0.284. The van der Waals surface area contributed by atoms with Crippen LogP contribution in [0.5, 0.6) is 0 Å². The van der Waals surface area contributed by atoms with Gasteiger partial charge in [-0.25, -0.2) is 9.67 Å². The predicted molar refractivity (Wildman–Crippen MR) is 71.8 cm³/mol. The molecule has 0 amide bonds. The van der Waals surface area contributed by atoms with E-state index < -0.39 is 0 Å². The van der Waals surface area contributed by atoms with Crippen LogP contribution in [-0.4, -0.2) is 54.4 Å². The quantitative estimate of drug-likeness (QED) is 0.564. The molecule has 1 aromatic rings. The van der Waals surface area contributed by atoms with Gasteiger partial charge in [0.25, 0.3) is 0 Å². The first kappa shape index (κ1) is 15.9. The Bertz CT molecular complexity index is 320. The number of unbranched alkanes of at least 4 members (excludes halogenated alkanes) is 1. The SMILES string of the molecule is CCCCOCCOCCOCCn1cnc(N)n1. The molecule has 2 N–H and O–H groups in total. The third kappa shape index (κ3) is 8.52. The maximum absolute atomic E-state index is 5.40. The maximum atomic E-state index is 5.40. The van der Waals surface area contributed by atoms with Gasteiger partial charge in [-0.3, -0.25) is 0 Å². The first-order chi connectivity index (χ1) is 9.33. The van der Waals surface area contributed by atoms with E-state index >= 15 is 0 Å². The average Bonchev–Trinajstić information content (AvgIpc) is 2.82.